The van der Waals surface area contributed by atoms with Gasteiger partial charge in [-0.1, -0.05) is 18.7 Å². The number of fused-ring (bicyclic) bond motifs is 3. The number of rotatable bonds is 7. The third-order valence-corrected chi connectivity index (χ3v) is 9.71. The second-order valence-electron chi connectivity index (χ2n) is 11.9. The minimum Gasteiger partial charge on any atom is -0.490 e. The predicted molar refractivity (Wildman–Crippen MR) is 174 cm³/mol. The highest BCUT2D eigenvalue weighted by molar-refractivity contribution is 7.18. The van der Waals surface area contributed by atoms with Crippen LogP contribution in [0.2, 0.25) is 0 Å². The Morgan fingerprint density at radius 2 is 1.98 bits per heavy atom. The Bertz CT molecular complexity index is 2000. The molecule has 7 rings (SSSR count). The van der Waals surface area contributed by atoms with Gasteiger partial charge in [0.05, 0.1) is 36.6 Å². The number of benzene rings is 2. The molecule has 46 heavy (non-hydrogen) atoms. The fourth-order valence-electron chi connectivity index (χ4n) is 6.51. The van der Waals surface area contributed by atoms with Gasteiger partial charge in [0.15, 0.2) is 0 Å². The Morgan fingerprint density at radius 3 is 2.78 bits per heavy atom. The lowest BCUT2D eigenvalue weighted by Crippen LogP contribution is -2.44. The molecule has 0 aliphatic carbocycles. The number of thiophene rings is 1. The molecular weight excluding hydrogens is 608 g/mol. The van der Waals surface area contributed by atoms with Crippen LogP contribution in [-0.2, 0) is 30.8 Å². The van der Waals surface area contributed by atoms with Crippen molar-refractivity contribution in [1.82, 2.24) is 24.6 Å². The Hall–Kier alpha value is -4.45. The van der Waals surface area contributed by atoms with Crippen LogP contribution in [0, 0.1) is 11.6 Å². The average molecular weight is 642 g/mol. The zero-order chi connectivity index (χ0) is 32.1. The number of aliphatic hydroxyl groups excluding tert-OH is 1. The van der Waals surface area contributed by atoms with E-state index in [0.717, 1.165) is 58.7 Å². The number of aromatic nitrogens is 3. The molecule has 1 atom stereocenters. The maximum atomic E-state index is 16.0. The van der Waals surface area contributed by atoms with Crippen molar-refractivity contribution in [1.29, 1.82) is 0 Å². The van der Waals surface area contributed by atoms with E-state index in [4.69, 9.17) is 14.8 Å². The lowest BCUT2D eigenvalue weighted by atomic mass is 9.93. The number of amides is 1. The van der Waals surface area contributed by atoms with Crippen LogP contribution in [-0.4, -0.2) is 68.4 Å². The second kappa shape index (κ2) is 12.1. The zero-order valence-electron chi connectivity index (χ0n) is 25.6. The summed E-state index contributed by atoms with van der Waals surface area (Å²) in [5.41, 5.74) is 6.43. The summed E-state index contributed by atoms with van der Waals surface area (Å²) in [5, 5.41) is 17.2. The number of ether oxygens (including phenoxy) is 1. The largest absolute Gasteiger partial charge is 0.490 e. The van der Waals surface area contributed by atoms with Gasteiger partial charge in [-0.05, 0) is 61.2 Å². The number of halogens is 2. The molecule has 0 radical (unpaired) electrons. The van der Waals surface area contributed by atoms with Gasteiger partial charge in [0.1, 0.15) is 35.4 Å². The maximum absolute atomic E-state index is 16.0. The quantitative estimate of drug-likeness (QED) is 0.218. The first-order chi connectivity index (χ1) is 22.2. The smallest absolute Gasteiger partial charge is 0.246 e. The molecular formula is C35H33F2N5O3S. The Kier molecular flexibility index (Phi) is 7.92. The molecule has 2 aliphatic rings. The lowest BCUT2D eigenvalue weighted by Gasteiger charge is -2.33. The topological polar surface area (TPSA) is 83.7 Å². The van der Waals surface area contributed by atoms with Gasteiger partial charge in [0.2, 0.25) is 5.91 Å². The van der Waals surface area contributed by atoms with E-state index in [-0.39, 0.29) is 36.5 Å². The van der Waals surface area contributed by atoms with Crippen LogP contribution in [0.25, 0.3) is 43.9 Å². The van der Waals surface area contributed by atoms with Crippen molar-refractivity contribution in [3.8, 4) is 39.5 Å². The van der Waals surface area contributed by atoms with E-state index in [9.17, 15) is 14.3 Å². The van der Waals surface area contributed by atoms with Crippen molar-refractivity contribution in [2.45, 2.75) is 39.0 Å². The van der Waals surface area contributed by atoms with Crippen molar-refractivity contribution >= 4 is 27.3 Å². The van der Waals surface area contributed by atoms with E-state index in [1.165, 1.54) is 28.5 Å². The summed E-state index contributed by atoms with van der Waals surface area (Å²) in [5.74, 6) is -1.80. The summed E-state index contributed by atoms with van der Waals surface area (Å²) in [7, 11) is 2.11. The van der Waals surface area contributed by atoms with Gasteiger partial charge in [-0.15, -0.1) is 11.3 Å². The molecule has 1 N–H and O–H groups in total. The van der Waals surface area contributed by atoms with Crippen LogP contribution in [0.3, 0.4) is 0 Å². The van der Waals surface area contributed by atoms with Gasteiger partial charge >= 0.3 is 0 Å². The number of carbonyl (C=O) groups excluding carboxylic acids is 1. The number of likely N-dealkylation sites (N-methyl/N-ethyl adjacent to an activating group) is 1. The normalized spacial score (nSPS) is 16.4. The number of aliphatic hydroxyl groups is 1. The average Bonchev–Trinajstić information content (AvgIpc) is 3.69. The summed E-state index contributed by atoms with van der Waals surface area (Å²) in [6.07, 6.45) is 2.23. The van der Waals surface area contributed by atoms with Crippen LogP contribution in [0.15, 0.2) is 60.5 Å². The van der Waals surface area contributed by atoms with Crippen molar-refractivity contribution in [3.05, 3.63) is 89.0 Å². The molecule has 5 aromatic rings. The highest BCUT2D eigenvalue weighted by Crippen LogP contribution is 2.47. The standard InChI is InChI=1S/C35H33F2N5O3S/c1-4-30(44)41-19-25-16-28(39-42(25)17-20(41)2)34-32(31-27(37)14-24(36)15-29(31)45-11-10-43)35-26(8-12-46-35)33(38-34)22-5-6-23-18-40(3)9-7-21(23)13-22/h4-6,8,12-16,20,43H,1,7,9-11,17-19H2,2-3H3. The molecule has 1 amide bonds. The molecule has 0 saturated carbocycles. The number of pyridine rings is 1. The molecule has 0 saturated heterocycles. The number of hydrogen-bond acceptors (Lipinski definition) is 7. The van der Waals surface area contributed by atoms with E-state index in [0.29, 0.717) is 30.0 Å². The van der Waals surface area contributed by atoms with Gasteiger partial charge in [0.25, 0.3) is 0 Å². The zero-order valence-corrected chi connectivity index (χ0v) is 26.4. The number of hydrogen-bond donors (Lipinski definition) is 1. The fraction of sp³-hybridized carbons (Fsp3) is 0.286. The third-order valence-electron chi connectivity index (χ3n) is 8.77. The Balaban J connectivity index is 1.48. The maximum Gasteiger partial charge on any atom is 0.246 e. The first-order valence-corrected chi connectivity index (χ1v) is 16.1. The highest BCUT2D eigenvalue weighted by Gasteiger charge is 2.30. The highest BCUT2D eigenvalue weighted by atomic mass is 32.1. The number of nitrogens with zero attached hydrogens (tertiary/aromatic N) is 5. The summed E-state index contributed by atoms with van der Waals surface area (Å²) in [6.45, 7) is 7.78. The molecule has 8 nitrogen and oxygen atoms in total. The number of carbonyl (C=O) groups is 1. The van der Waals surface area contributed by atoms with Crippen molar-refractivity contribution in [2.75, 3.05) is 26.8 Å². The lowest BCUT2D eigenvalue weighted by molar-refractivity contribution is -0.129. The van der Waals surface area contributed by atoms with Crippen LogP contribution in [0.4, 0.5) is 8.78 Å². The molecule has 3 aromatic heterocycles. The van der Waals surface area contributed by atoms with Gasteiger partial charge in [-0.2, -0.15) is 5.10 Å². The second-order valence-corrected chi connectivity index (χ2v) is 12.8. The minimum atomic E-state index is -0.809. The fourth-order valence-corrected chi connectivity index (χ4v) is 7.46. The third kappa shape index (κ3) is 5.28. The van der Waals surface area contributed by atoms with Gasteiger partial charge in [-0.3, -0.25) is 9.48 Å². The van der Waals surface area contributed by atoms with Gasteiger partial charge in [0, 0.05) is 52.5 Å². The first kappa shape index (κ1) is 30.2. The molecule has 0 spiro atoms. The van der Waals surface area contributed by atoms with Crippen LogP contribution >= 0.6 is 11.3 Å². The summed E-state index contributed by atoms with van der Waals surface area (Å²) >= 11 is 1.43. The van der Waals surface area contributed by atoms with Crippen LogP contribution < -0.4 is 4.74 Å². The molecule has 5 heterocycles. The van der Waals surface area contributed by atoms with Gasteiger partial charge in [-0.25, -0.2) is 13.8 Å². The van der Waals surface area contributed by atoms with E-state index in [2.05, 4.69) is 36.7 Å². The molecule has 1 unspecified atom stereocenters. The molecule has 236 valence electrons. The summed E-state index contributed by atoms with van der Waals surface area (Å²) in [4.78, 5) is 21.9. The monoisotopic (exact) mass is 641 g/mol. The van der Waals surface area contributed by atoms with Crippen molar-refractivity contribution in [2.24, 2.45) is 0 Å². The van der Waals surface area contributed by atoms with E-state index in [1.54, 1.807) is 4.90 Å². The van der Waals surface area contributed by atoms with Crippen LogP contribution in [0.1, 0.15) is 23.7 Å². The van der Waals surface area contributed by atoms with E-state index >= 15 is 4.39 Å². The van der Waals surface area contributed by atoms with Crippen molar-refractivity contribution in [3.63, 3.8) is 0 Å². The van der Waals surface area contributed by atoms with E-state index in [1.807, 2.05) is 29.1 Å². The predicted octanol–water partition coefficient (Wildman–Crippen LogP) is 6.05. The SMILES string of the molecule is C=CC(=O)N1Cc2cc(-c3nc(-c4ccc5c(c4)CCN(C)C5)c4ccsc4c3-c3c(F)cc(F)cc3OCCO)nn2CC1C. The molecule has 2 aliphatic heterocycles. The summed E-state index contributed by atoms with van der Waals surface area (Å²) in [6, 6.07) is 12.1. The van der Waals surface area contributed by atoms with Gasteiger partial charge < -0.3 is 19.6 Å². The first-order valence-electron chi connectivity index (χ1n) is 15.2. The van der Waals surface area contributed by atoms with Crippen LogP contribution in [0.5, 0.6) is 5.75 Å². The minimum absolute atomic E-state index is 0.0321. The molecule has 2 aromatic carbocycles. The Labute approximate surface area is 269 Å². The molecule has 11 heteroatoms. The summed E-state index contributed by atoms with van der Waals surface area (Å²) < 4.78 is 38.8. The molecule has 0 bridgehead atoms. The Morgan fingerprint density at radius 1 is 1.13 bits per heavy atom. The van der Waals surface area contributed by atoms with E-state index < -0.39 is 11.6 Å². The molecule has 0 fully saturated rings. The van der Waals surface area contributed by atoms with Crippen molar-refractivity contribution < 1.29 is 23.4 Å².